The smallest absolute Gasteiger partial charge is 0.310 e. The van der Waals surface area contributed by atoms with Crippen LogP contribution in [0.2, 0.25) is 0 Å². The van der Waals surface area contributed by atoms with E-state index in [0.717, 1.165) is 12.8 Å². The van der Waals surface area contributed by atoms with Crippen LogP contribution in [0.1, 0.15) is 25.7 Å². The first-order chi connectivity index (χ1) is 13.0. The number of nitrogens with one attached hydrogen (secondary N) is 1. The third kappa shape index (κ3) is 4.36. The Labute approximate surface area is 155 Å². The first kappa shape index (κ1) is 18.7. The van der Waals surface area contributed by atoms with E-state index in [0.29, 0.717) is 24.4 Å². The Balaban J connectivity index is 1.51. The lowest BCUT2D eigenvalue weighted by atomic mass is 10.0. The minimum Gasteiger partial charge on any atom is -0.478 e. The molecule has 0 unspecified atom stereocenters. The second-order valence-corrected chi connectivity index (χ2v) is 6.46. The molecule has 9 heteroatoms. The van der Waals surface area contributed by atoms with Gasteiger partial charge in [0, 0.05) is 6.54 Å². The van der Waals surface area contributed by atoms with Crippen molar-refractivity contribution in [3.8, 4) is 5.75 Å². The maximum Gasteiger partial charge on any atom is 0.310 e. The number of rotatable bonds is 5. The van der Waals surface area contributed by atoms with Crippen LogP contribution in [0.15, 0.2) is 24.3 Å². The number of nitrogens with zero attached hydrogens (tertiary/aromatic N) is 1. The van der Waals surface area contributed by atoms with Gasteiger partial charge in [0.2, 0.25) is 5.91 Å². The molecule has 2 heterocycles. The van der Waals surface area contributed by atoms with Crippen LogP contribution < -0.4 is 15.8 Å². The van der Waals surface area contributed by atoms with Crippen LogP contribution in [0, 0.1) is 0 Å². The summed E-state index contributed by atoms with van der Waals surface area (Å²) in [6.07, 6.45) is 0.721. The molecule has 2 aliphatic rings. The van der Waals surface area contributed by atoms with E-state index in [9.17, 15) is 19.2 Å². The molecule has 0 bridgehead atoms. The maximum atomic E-state index is 12.3. The molecule has 0 saturated carbocycles. The summed E-state index contributed by atoms with van der Waals surface area (Å²) in [7, 11) is 0. The van der Waals surface area contributed by atoms with Crippen LogP contribution in [-0.2, 0) is 23.9 Å². The zero-order valence-corrected chi connectivity index (χ0v) is 14.7. The molecule has 1 saturated heterocycles. The molecule has 144 valence electrons. The van der Waals surface area contributed by atoms with Crippen molar-refractivity contribution in [3.05, 3.63) is 24.3 Å². The number of hydrogen-bond donors (Lipinski definition) is 2. The molecule has 3 N–H and O–H groups in total. The Kier molecular flexibility index (Phi) is 5.58. The molecule has 1 aromatic carbocycles. The lowest BCUT2D eigenvalue weighted by molar-refractivity contribution is -0.156. The fraction of sp³-hybridized carbons (Fsp3) is 0.444. The van der Waals surface area contributed by atoms with E-state index in [-0.39, 0.29) is 6.42 Å². The van der Waals surface area contributed by atoms with Gasteiger partial charge in [0.25, 0.3) is 11.8 Å². The summed E-state index contributed by atoms with van der Waals surface area (Å²) >= 11 is 0. The van der Waals surface area contributed by atoms with Crippen LogP contribution in [0.3, 0.4) is 0 Å². The van der Waals surface area contributed by atoms with Crippen LogP contribution in [0.5, 0.6) is 5.75 Å². The van der Waals surface area contributed by atoms with E-state index >= 15 is 0 Å². The Morgan fingerprint density at radius 3 is 2.81 bits per heavy atom. The monoisotopic (exact) mass is 375 g/mol. The van der Waals surface area contributed by atoms with Gasteiger partial charge >= 0.3 is 5.97 Å². The quantitative estimate of drug-likeness (QED) is 0.707. The number of primary amides is 1. The lowest BCUT2D eigenvalue weighted by Gasteiger charge is -2.33. The second kappa shape index (κ2) is 8.07. The molecule has 3 amide bonds. The van der Waals surface area contributed by atoms with E-state index in [1.165, 1.54) is 4.90 Å². The third-order valence-electron chi connectivity index (χ3n) is 4.57. The lowest BCUT2D eigenvalue weighted by Crippen LogP contribution is -2.51. The predicted molar refractivity (Wildman–Crippen MR) is 93.6 cm³/mol. The molecular weight excluding hydrogens is 354 g/mol. The Bertz CT molecular complexity index is 765. The van der Waals surface area contributed by atoms with Gasteiger partial charge < -0.3 is 25.4 Å². The molecule has 1 aromatic rings. The standard InChI is InChI=1S/C18H21N3O6/c19-17(24)12-6-3-4-8-21(12)15(22)10-26-16(23)9-14-18(25)20-11-5-1-2-7-13(11)27-14/h1-2,5,7,12,14H,3-4,6,8-10H2,(H2,19,24)(H,20,25)/t12-,14-/m0/s1. The average molecular weight is 375 g/mol. The Morgan fingerprint density at radius 2 is 2.04 bits per heavy atom. The van der Waals surface area contributed by atoms with Gasteiger partial charge in [0.1, 0.15) is 11.8 Å². The van der Waals surface area contributed by atoms with Crippen LogP contribution in [0.4, 0.5) is 5.69 Å². The molecular formula is C18H21N3O6. The van der Waals surface area contributed by atoms with Gasteiger partial charge in [-0.1, -0.05) is 12.1 Å². The minimum atomic E-state index is -1.03. The summed E-state index contributed by atoms with van der Waals surface area (Å²) in [4.78, 5) is 49.1. The van der Waals surface area contributed by atoms with Crippen molar-refractivity contribution >= 4 is 29.4 Å². The number of fused-ring (bicyclic) bond motifs is 1. The van der Waals surface area contributed by atoms with Crippen molar-refractivity contribution < 1.29 is 28.7 Å². The summed E-state index contributed by atoms with van der Waals surface area (Å²) in [5.41, 5.74) is 5.86. The van der Waals surface area contributed by atoms with Crippen LogP contribution >= 0.6 is 0 Å². The topological polar surface area (TPSA) is 128 Å². The van der Waals surface area contributed by atoms with E-state index < -0.39 is 42.4 Å². The highest BCUT2D eigenvalue weighted by atomic mass is 16.5. The average Bonchev–Trinajstić information content (AvgIpc) is 2.66. The summed E-state index contributed by atoms with van der Waals surface area (Å²) < 4.78 is 10.5. The number of anilines is 1. The van der Waals surface area contributed by atoms with Gasteiger partial charge in [0.05, 0.1) is 12.1 Å². The third-order valence-corrected chi connectivity index (χ3v) is 4.57. The van der Waals surface area contributed by atoms with Gasteiger partial charge in [-0.25, -0.2) is 0 Å². The van der Waals surface area contributed by atoms with Crippen molar-refractivity contribution in [2.75, 3.05) is 18.5 Å². The molecule has 1 fully saturated rings. The highest BCUT2D eigenvalue weighted by Gasteiger charge is 2.33. The summed E-state index contributed by atoms with van der Waals surface area (Å²) in [5.74, 6) is -1.78. The largest absolute Gasteiger partial charge is 0.478 e. The molecule has 2 atom stereocenters. The SMILES string of the molecule is NC(=O)[C@@H]1CCCCN1C(=O)COC(=O)C[C@@H]1Oc2ccccc2NC1=O. The van der Waals surface area contributed by atoms with Crippen LogP contribution in [-0.4, -0.2) is 53.9 Å². The number of ether oxygens (including phenoxy) is 2. The van der Waals surface area contributed by atoms with Crippen molar-refractivity contribution in [2.24, 2.45) is 5.73 Å². The molecule has 0 aromatic heterocycles. The second-order valence-electron chi connectivity index (χ2n) is 6.46. The van der Waals surface area contributed by atoms with Crippen LogP contribution in [0.25, 0.3) is 0 Å². The van der Waals surface area contributed by atoms with E-state index in [1.54, 1.807) is 24.3 Å². The number of piperidine rings is 1. The summed E-state index contributed by atoms with van der Waals surface area (Å²) in [6.45, 7) is -0.109. The van der Waals surface area contributed by atoms with Gasteiger partial charge in [-0.3, -0.25) is 19.2 Å². The highest BCUT2D eigenvalue weighted by molar-refractivity contribution is 5.99. The molecule has 0 aliphatic carbocycles. The molecule has 0 radical (unpaired) electrons. The number of para-hydroxylation sites is 2. The van der Waals surface area contributed by atoms with E-state index in [2.05, 4.69) is 5.32 Å². The van der Waals surface area contributed by atoms with Gasteiger partial charge in [-0.15, -0.1) is 0 Å². The van der Waals surface area contributed by atoms with E-state index in [1.807, 2.05) is 0 Å². The first-order valence-corrected chi connectivity index (χ1v) is 8.76. The number of carbonyl (C=O) groups excluding carboxylic acids is 4. The fourth-order valence-corrected chi connectivity index (χ4v) is 3.19. The minimum absolute atomic E-state index is 0.327. The Morgan fingerprint density at radius 1 is 1.26 bits per heavy atom. The zero-order chi connectivity index (χ0) is 19.4. The number of likely N-dealkylation sites (tertiary alicyclic amines) is 1. The number of amides is 3. The molecule has 2 aliphatic heterocycles. The maximum absolute atomic E-state index is 12.3. The summed E-state index contributed by atoms with van der Waals surface area (Å²) in [5, 5.41) is 2.65. The number of esters is 1. The number of carbonyl (C=O) groups is 4. The fourth-order valence-electron chi connectivity index (χ4n) is 3.19. The molecule has 27 heavy (non-hydrogen) atoms. The predicted octanol–water partition coefficient (Wildman–Crippen LogP) is 0.186. The van der Waals surface area contributed by atoms with Crippen molar-refractivity contribution in [3.63, 3.8) is 0 Å². The number of hydrogen-bond acceptors (Lipinski definition) is 6. The van der Waals surface area contributed by atoms with Crippen molar-refractivity contribution in [2.45, 2.75) is 37.8 Å². The molecule has 9 nitrogen and oxygen atoms in total. The normalized spacial score (nSPS) is 21.5. The van der Waals surface area contributed by atoms with Crippen molar-refractivity contribution in [1.29, 1.82) is 0 Å². The van der Waals surface area contributed by atoms with Gasteiger partial charge in [-0.05, 0) is 31.4 Å². The molecule has 3 rings (SSSR count). The van der Waals surface area contributed by atoms with Gasteiger partial charge in [0.15, 0.2) is 12.7 Å². The van der Waals surface area contributed by atoms with Crippen molar-refractivity contribution in [1.82, 2.24) is 4.90 Å². The van der Waals surface area contributed by atoms with E-state index in [4.69, 9.17) is 15.2 Å². The summed E-state index contributed by atoms with van der Waals surface area (Å²) in [6, 6.07) is 6.19. The number of benzene rings is 1. The molecule has 0 spiro atoms. The first-order valence-electron chi connectivity index (χ1n) is 8.76. The zero-order valence-electron chi connectivity index (χ0n) is 14.7. The highest BCUT2D eigenvalue weighted by Crippen LogP contribution is 2.29. The Hall–Kier alpha value is -3.10. The number of nitrogens with two attached hydrogens (primary N) is 1. The van der Waals surface area contributed by atoms with Gasteiger partial charge in [-0.2, -0.15) is 0 Å².